The third-order valence-corrected chi connectivity index (χ3v) is 3.35. The van der Waals surface area contributed by atoms with Gasteiger partial charge in [0.2, 0.25) is 0 Å². The summed E-state index contributed by atoms with van der Waals surface area (Å²) in [6, 6.07) is 18.8. The Bertz CT molecular complexity index is 627. The molecule has 0 radical (unpaired) electrons. The molecule has 2 rings (SSSR count). The molecule has 0 N–H and O–H groups in total. The molecule has 1 atom stereocenters. The van der Waals surface area contributed by atoms with Gasteiger partial charge in [0, 0.05) is 5.56 Å². The van der Waals surface area contributed by atoms with Crippen LogP contribution in [0.1, 0.15) is 29.3 Å². The molecule has 106 valence electrons. The highest BCUT2D eigenvalue weighted by Gasteiger charge is 2.22. The third-order valence-electron chi connectivity index (χ3n) is 3.35. The number of ketones is 2. The first-order chi connectivity index (χ1) is 10.2. The van der Waals surface area contributed by atoms with Gasteiger partial charge in [0.15, 0.2) is 5.78 Å². The average molecular weight is 278 g/mol. The fourth-order valence-electron chi connectivity index (χ4n) is 2.17. The van der Waals surface area contributed by atoms with Crippen LogP contribution in [-0.4, -0.2) is 11.6 Å². The van der Waals surface area contributed by atoms with Crippen molar-refractivity contribution in [3.05, 3.63) is 77.9 Å². The Balaban J connectivity index is 2.08. The molecular formula is C19H18O2. The summed E-state index contributed by atoms with van der Waals surface area (Å²) in [4.78, 5) is 24.1. The van der Waals surface area contributed by atoms with E-state index in [4.69, 9.17) is 0 Å². The van der Waals surface area contributed by atoms with Crippen molar-refractivity contribution in [1.29, 1.82) is 0 Å². The Labute approximate surface area is 125 Å². The van der Waals surface area contributed by atoms with Crippen molar-refractivity contribution in [3.63, 3.8) is 0 Å². The van der Waals surface area contributed by atoms with Gasteiger partial charge in [0.1, 0.15) is 5.78 Å². The molecule has 0 bridgehead atoms. The van der Waals surface area contributed by atoms with Crippen molar-refractivity contribution in [2.75, 3.05) is 0 Å². The molecule has 0 aromatic heterocycles. The fraction of sp³-hybridized carbons (Fsp3) is 0.158. The number of carbonyl (C=O) groups is 2. The lowest BCUT2D eigenvalue weighted by Gasteiger charge is -2.10. The summed E-state index contributed by atoms with van der Waals surface area (Å²) in [6.45, 7) is 1.47. The number of allylic oxidation sites excluding steroid dienone is 1. The van der Waals surface area contributed by atoms with Crippen molar-refractivity contribution in [3.8, 4) is 0 Å². The average Bonchev–Trinajstić information content (AvgIpc) is 2.52. The Kier molecular flexibility index (Phi) is 5.22. The predicted molar refractivity (Wildman–Crippen MR) is 85.0 cm³/mol. The van der Waals surface area contributed by atoms with E-state index >= 15 is 0 Å². The zero-order valence-electron chi connectivity index (χ0n) is 12.0. The summed E-state index contributed by atoms with van der Waals surface area (Å²) in [5.41, 5.74) is 1.65. The van der Waals surface area contributed by atoms with Crippen LogP contribution in [0.2, 0.25) is 0 Å². The lowest BCUT2D eigenvalue weighted by atomic mass is 9.91. The maximum Gasteiger partial charge on any atom is 0.173 e. The summed E-state index contributed by atoms with van der Waals surface area (Å²) in [6.07, 6.45) is 4.26. The van der Waals surface area contributed by atoms with E-state index in [9.17, 15) is 9.59 Å². The second kappa shape index (κ2) is 7.34. The molecule has 0 aliphatic carbocycles. The SMILES string of the molecule is CC(=O)C(C/C=C\c1ccccc1)C(=O)c1ccccc1. The summed E-state index contributed by atoms with van der Waals surface area (Å²) in [7, 11) is 0. The second-order valence-electron chi connectivity index (χ2n) is 4.94. The molecule has 0 aliphatic rings. The van der Waals surface area contributed by atoms with Crippen LogP contribution >= 0.6 is 0 Å². The summed E-state index contributed by atoms with van der Waals surface area (Å²) in [5, 5.41) is 0. The van der Waals surface area contributed by atoms with E-state index in [0.29, 0.717) is 12.0 Å². The molecule has 2 nitrogen and oxygen atoms in total. The van der Waals surface area contributed by atoms with E-state index in [0.717, 1.165) is 5.56 Å². The highest BCUT2D eigenvalue weighted by atomic mass is 16.1. The molecule has 2 heteroatoms. The fourth-order valence-corrected chi connectivity index (χ4v) is 2.17. The van der Waals surface area contributed by atoms with Gasteiger partial charge in [-0.1, -0.05) is 72.8 Å². The largest absolute Gasteiger partial charge is 0.299 e. The van der Waals surface area contributed by atoms with Gasteiger partial charge in [-0.05, 0) is 18.9 Å². The van der Waals surface area contributed by atoms with Crippen LogP contribution in [0, 0.1) is 5.92 Å². The van der Waals surface area contributed by atoms with E-state index < -0.39 is 5.92 Å². The minimum atomic E-state index is -0.604. The van der Waals surface area contributed by atoms with Crippen LogP contribution in [-0.2, 0) is 4.79 Å². The zero-order valence-corrected chi connectivity index (χ0v) is 12.0. The normalized spacial score (nSPS) is 12.2. The molecule has 2 aromatic carbocycles. The summed E-state index contributed by atoms with van der Waals surface area (Å²) < 4.78 is 0. The van der Waals surface area contributed by atoms with Crippen molar-refractivity contribution >= 4 is 17.6 Å². The molecular weight excluding hydrogens is 260 g/mol. The minimum absolute atomic E-state index is 0.0958. The van der Waals surface area contributed by atoms with Crippen LogP contribution in [0.5, 0.6) is 0 Å². The molecule has 0 saturated carbocycles. The van der Waals surface area contributed by atoms with E-state index in [-0.39, 0.29) is 11.6 Å². The lowest BCUT2D eigenvalue weighted by molar-refractivity contribution is -0.119. The smallest absolute Gasteiger partial charge is 0.173 e. The number of carbonyl (C=O) groups excluding carboxylic acids is 2. The number of hydrogen-bond acceptors (Lipinski definition) is 2. The number of rotatable bonds is 6. The van der Waals surface area contributed by atoms with Crippen molar-refractivity contribution in [2.24, 2.45) is 5.92 Å². The van der Waals surface area contributed by atoms with Gasteiger partial charge in [-0.15, -0.1) is 0 Å². The molecule has 0 amide bonds. The highest BCUT2D eigenvalue weighted by molar-refractivity contribution is 6.10. The van der Waals surface area contributed by atoms with E-state index in [1.165, 1.54) is 6.92 Å². The highest BCUT2D eigenvalue weighted by Crippen LogP contribution is 2.15. The standard InChI is InChI=1S/C19H18O2/c1-15(20)18(19(21)17-12-6-3-7-13-17)14-8-11-16-9-4-2-5-10-16/h2-13,18H,14H2,1H3/b11-8-. The molecule has 0 fully saturated rings. The number of hydrogen-bond donors (Lipinski definition) is 0. The second-order valence-corrected chi connectivity index (χ2v) is 4.94. The number of Topliss-reactive ketones (excluding diaryl/α,β-unsaturated/α-hetero) is 2. The van der Waals surface area contributed by atoms with Gasteiger partial charge < -0.3 is 0 Å². The molecule has 0 saturated heterocycles. The Hall–Kier alpha value is -2.48. The molecule has 0 heterocycles. The monoisotopic (exact) mass is 278 g/mol. The summed E-state index contributed by atoms with van der Waals surface area (Å²) in [5.74, 6) is -0.810. The predicted octanol–water partition coefficient (Wildman–Crippen LogP) is 4.18. The van der Waals surface area contributed by atoms with Gasteiger partial charge in [-0.25, -0.2) is 0 Å². The van der Waals surface area contributed by atoms with Crippen LogP contribution < -0.4 is 0 Å². The quantitative estimate of drug-likeness (QED) is 0.587. The summed E-state index contributed by atoms with van der Waals surface area (Å²) >= 11 is 0. The molecule has 21 heavy (non-hydrogen) atoms. The van der Waals surface area contributed by atoms with Gasteiger partial charge in [0.25, 0.3) is 0 Å². The van der Waals surface area contributed by atoms with Gasteiger partial charge >= 0.3 is 0 Å². The molecule has 0 spiro atoms. The van der Waals surface area contributed by atoms with Gasteiger partial charge in [-0.3, -0.25) is 9.59 Å². The van der Waals surface area contributed by atoms with E-state index in [2.05, 4.69) is 0 Å². The van der Waals surface area contributed by atoms with E-state index in [1.54, 1.807) is 12.1 Å². The maximum atomic E-state index is 12.4. The zero-order chi connectivity index (χ0) is 15.1. The third kappa shape index (κ3) is 4.25. The maximum absolute atomic E-state index is 12.4. The van der Waals surface area contributed by atoms with Crippen LogP contribution in [0.15, 0.2) is 66.7 Å². The lowest BCUT2D eigenvalue weighted by Crippen LogP contribution is -2.21. The first-order valence-electron chi connectivity index (χ1n) is 7.00. The molecule has 0 aliphatic heterocycles. The van der Waals surface area contributed by atoms with E-state index in [1.807, 2.05) is 60.7 Å². The first-order valence-corrected chi connectivity index (χ1v) is 7.00. The van der Waals surface area contributed by atoms with Crippen molar-refractivity contribution in [1.82, 2.24) is 0 Å². The van der Waals surface area contributed by atoms with Crippen LogP contribution in [0.4, 0.5) is 0 Å². The Morgan fingerprint density at radius 2 is 1.52 bits per heavy atom. The van der Waals surface area contributed by atoms with Crippen LogP contribution in [0.25, 0.3) is 6.08 Å². The van der Waals surface area contributed by atoms with Crippen LogP contribution in [0.3, 0.4) is 0 Å². The Morgan fingerprint density at radius 1 is 0.952 bits per heavy atom. The van der Waals surface area contributed by atoms with Gasteiger partial charge in [-0.2, -0.15) is 0 Å². The number of benzene rings is 2. The molecule has 1 unspecified atom stereocenters. The minimum Gasteiger partial charge on any atom is -0.299 e. The van der Waals surface area contributed by atoms with Gasteiger partial charge in [0.05, 0.1) is 5.92 Å². The van der Waals surface area contributed by atoms with Crippen molar-refractivity contribution < 1.29 is 9.59 Å². The molecule has 2 aromatic rings. The Morgan fingerprint density at radius 3 is 2.10 bits per heavy atom. The topological polar surface area (TPSA) is 34.1 Å². The van der Waals surface area contributed by atoms with Crippen molar-refractivity contribution in [2.45, 2.75) is 13.3 Å². The first kappa shape index (κ1) is 14.9.